The van der Waals surface area contributed by atoms with E-state index in [1.165, 1.54) is 16.3 Å². The van der Waals surface area contributed by atoms with Crippen LogP contribution in [0.3, 0.4) is 0 Å². The summed E-state index contributed by atoms with van der Waals surface area (Å²) in [5.74, 6) is 0.954. The van der Waals surface area contributed by atoms with Gasteiger partial charge >= 0.3 is 0 Å². The van der Waals surface area contributed by atoms with E-state index in [1.54, 1.807) is 7.11 Å². The molecule has 0 bridgehead atoms. The molecule has 0 N–H and O–H groups in total. The van der Waals surface area contributed by atoms with E-state index in [9.17, 15) is 0 Å². The molecule has 0 atom stereocenters. The Hall–Kier alpha value is -2.06. The number of hydrogen-bond acceptors (Lipinski definition) is 2. The van der Waals surface area contributed by atoms with E-state index in [1.807, 2.05) is 6.07 Å². The first-order chi connectivity index (χ1) is 9.79. The Morgan fingerprint density at radius 2 is 1.65 bits per heavy atom. The van der Waals surface area contributed by atoms with Crippen LogP contribution in [0.2, 0.25) is 0 Å². The summed E-state index contributed by atoms with van der Waals surface area (Å²) in [5.41, 5.74) is 1.26. The lowest BCUT2D eigenvalue weighted by Crippen LogP contribution is -2.05. The van der Waals surface area contributed by atoms with Gasteiger partial charge in [0.1, 0.15) is 12.4 Å². The minimum Gasteiger partial charge on any atom is -0.490 e. The van der Waals surface area contributed by atoms with Crippen molar-refractivity contribution in [3.8, 4) is 5.75 Å². The summed E-state index contributed by atoms with van der Waals surface area (Å²) in [7, 11) is 1.69. The Bertz CT molecular complexity index is 747. The van der Waals surface area contributed by atoms with Crippen molar-refractivity contribution in [2.45, 2.75) is 6.92 Å². The molecule has 0 aliphatic carbocycles. The highest BCUT2D eigenvalue weighted by Crippen LogP contribution is 2.35. The first-order valence-electron chi connectivity index (χ1n) is 6.83. The fourth-order valence-corrected chi connectivity index (χ4v) is 2.53. The molecule has 0 radical (unpaired) electrons. The molecule has 2 heteroatoms. The molecule has 0 aliphatic rings. The lowest BCUT2D eigenvalue weighted by Gasteiger charge is -2.13. The third kappa shape index (κ3) is 2.35. The topological polar surface area (TPSA) is 18.5 Å². The monoisotopic (exact) mass is 266 g/mol. The number of benzene rings is 3. The summed E-state index contributed by atoms with van der Waals surface area (Å²) >= 11 is 0. The first-order valence-corrected chi connectivity index (χ1v) is 6.83. The first kappa shape index (κ1) is 12.9. The summed E-state index contributed by atoms with van der Waals surface area (Å²) in [6.07, 6.45) is 0. The van der Waals surface area contributed by atoms with E-state index in [-0.39, 0.29) is 0 Å². The van der Waals surface area contributed by atoms with Crippen LogP contribution in [-0.2, 0) is 4.74 Å². The van der Waals surface area contributed by atoms with Crippen molar-refractivity contribution in [3.05, 3.63) is 54.1 Å². The quantitative estimate of drug-likeness (QED) is 0.517. The highest BCUT2D eigenvalue weighted by molar-refractivity contribution is 6.05. The SMILES string of the molecule is COCCOc1c2ccccc2cc2cc(C)ccc12. The van der Waals surface area contributed by atoms with E-state index < -0.39 is 0 Å². The fraction of sp³-hybridized carbons (Fsp3) is 0.222. The van der Waals surface area contributed by atoms with Crippen LogP contribution in [0, 0.1) is 6.92 Å². The van der Waals surface area contributed by atoms with Gasteiger partial charge in [0.05, 0.1) is 6.61 Å². The highest BCUT2D eigenvalue weighted by atomic mass is 16.5. The third-order valence-corrected chi connectivity index (χ3v) is 3.50. The van der Waals surface area contributed by atoms with Crippen molar-refractivity contribution in [1.82, 2.24) is 0 Å². The average molecular weight is 266 g/mol. The summed E-state index contributed by atoms with van der Waals surface area (Å²) in [6.45, 7) is 3.27. The number of ether oxygens (including phenoxy) is 2. The molecule has 0 amide bonds. The second kappa shape index (κ2) is 5.51. The predicted octanol–water partition coefficient (Wildman–Crippen LogP) is 4.33. The number of fused-ring (bicyclic) bond motifs is 2. The molecule has 0 unspecified atom stereocenters. The molecule has 20 heavy (non-hydrogen) atoms. The van der Waals surface area contributed by atoms with Gasteiger partial charge < -0.3 is 9.47 Å². The van der Waals surface area contributed by atoms with E-state index in [0.29, 0.717) is 13.2 Å². The van der Waals surface area contributed by atoms with Gasteiger partial charge in [-0.1, -0.05) is 48.0 Å². The normalized spacial score (nSPS) is 11.1. The van der Waals surface area contributed by atoms with Gasteiger partial charge in [-0.25, -0.2) is 0 Å². The third-order valence-electron chi connectivity index (χ3n) is 3.50. The maximum atomic E-state index is 5.99. The average Bonchev–Trinajstić information content (AvgIpc) is 2.46. The minimum absolute atomic E-state index is 0.563. The number of aryl methyl sites for hydroxylation is 1. The van der Waals surface area contributed by atoms with E-state index in [4.69, 9.17) is 9.47 Å². The van der Waals surface area contributed by atoms with Crippen LogP contribution in [0.5, 0.6) is 5.75 Å². The maximum Gasteiger partial charge on any atom is 0.135 e. The molecule has 0 aromatic heterocycles. The van der Waals surface area contributed by atoms with Crippen LogP contribution in [0.25, 0.3) is 21.5 Å². The van der Waals surface area contributed by atoms with E-state index >= 15 is 0 Å². The lowest BCUT2D eigenvalue weighted by molar-refractivity contribution is 0.148. The van der Waals surface area contributed by atoms with Crippen molar-refractivity contribution >= 4 is 21.5 Å². The van der Waals surface area contributed by atoms with Gasteiger partial charge in [0, 0.05) is 17.9 Å². The molecule has 0 aliphatic heterocycles. The Morgan fingerprint density at radius 1 is 0.850 bits per heavy atom. The summed E-state index contributed by atoms with van der Waals surface area (Å²) in [4.78, 5) is 0. The highest BCUT2D eigenvalue weighted by Gasteiger charge is 2.08. The minimum atomic E-state index is 0.563. The summed E-state index contributed by atoms with van der Waals surface area (Å²) < 4.78 is 11.1. The van der Waals surface area contributed by atoms with Gasteiger partial charge in [-0.15, -0.1) is 0 Å². The van der Waals surface area contributed by atoms with Crippen LogP contribution in [0.15, 0.2) is 48.5 Å². The second-order valence-corrected chi connectivity index (χ2v) is 4.99. The van der Waals surface area contributed by atoms with Crippen LogP contribution in [-0.4, -0.2) is 20.3 Å². The molecule has 0 spiro atoms. The molecular weight excluding hydrogens is 248 g/mol. The summed E-state index contributed by atoms with van der Waals surface area (Å²) in [5, 5.41) is 4.74. The molecule has 3 aromatic carbocycles. The largest absolute Gasteiger partial charge is 0.490 e. The standard InChI is InChI=1S/C18H18O2/c1-13-7-8-17-15(11-13)12-14-5-3-4-6-16(14)18(17)20-10-9-19-2/h3-8,11-12H,9-10H2,1-2H3. The smallest absolute Gasteiger partial charge is 0.135 e. The lowest BCUT2D eigenvalue weighted by atomic mass is 10.0. The molecule has 3 aromatic rings. The Balaban J connectivity index is 2.23. The molecule has 0 heterocycles. The van der Waals surface area contributed by atoms with E-state index in [2.05, 4.69) is 49.4 Å². The molecule has 0 saturated heterocycles. The van der Waals surface area contributed by atoms with Gasteiger partial charge in [-0.3, -0.25) is 0 Å². The Labute approximate surface area is 118 Å². The molecule has 102 valence electrons. The van der Waals surface area contributed by atoms with Crippen LogP contribution in [0.4, 0.5) is 0 Å². The number of methoxy groups -OCH3 is 1. The van der Waals surface area contributed by atoms with E-state index in [0.717, 1.165) is 16.5 Å². The van der Waals surface area contributed by atoms with Crippen molar-refractivity contribution in [2.75, 3.05) is 20.3 Å². The molecular formula is C18H18O2. The zero-order valence-electron chi connectivity index (χ0n) is 11.8. The number of rotatable bonds is 4. The second-order valence-electron chi connectivity index (χ2n) is 4.99. The Kier molecular flexibility index (Phi) is 3.57. The van der Waals surface area contributed by atoms with Gasteiger partial charge in [0.15, 0.2) is 0 Å². The number of hydrogen-bond donors (Lipinski definition) is 0. The van der Waals surface area contributed by atoms with Crippen LogP contribution < -0.4 is 4.74 Å². The van der Waals surface area contributed by atoms with Crippen molar-refractivity contribution in [1.29, 1.82) is 0 Å². The predicted molar refractivity (Wildman–Crippen MR) is 83.6 cm³/mol. The summed E-state index contributed by atoms with van der Waals surface area (Å²) in [6, 6.07) is 17.0. The molecule has 0 fully saturated rings. The molecule has 3 rings (SSSR count). The molecule has 2 nitrogen and oxygen atoms in total. The maximum absolute atomic E-state index is 5.99. The Morgan fingerprint density at radius 3 is 2.50 bits per heavy atom. The fourth-order valence-electron chi connectivity index (χ4n) is 2.53. The van der Waals surface area contributed by atoms with Gasteiger partial charge in [0.25, 0.3) is 0 Å². The van der Waals surface area contributed by atoms with Gasteiger partial charge in [0.2, 0.25) is 0 Å². The van der Waals surface area contributed by atoms with Crippen molar-refractivity contribution in [3.63, 3.8) is 0 Å². The van der Waals surface area contributed by atoms with Crippen molar-refractivity contribution in [2.24, 2.45) is 0 Å². The van der Waals surface area contributed by atoms with Crippen molar-refractivity contribution < 1.29 is 9.47 Å². The van der Waals surface area contributed by atoms with Gasteiger partial charge in [-0.05, 0) is 23.8 Å². The zero-order chi connectivity index (χ0) is 13.9. The van der Waals surface area contributed by atoms with Crippen LogP contribution in [0.1, 0.15) is 5.56 Å². The van der Waals surface area contributed by atoms with Crippen LogP contribution >= 0.6 is 0 Å². The van der Waals surface area contributed by atoms with Gasteiger partial charge in [-0.2, -0.15) is 0 Å². The molecule has 0 saturated carbocycles. The zero-order valence-corrected chi connectivity index (χ0v) is 11.8.